The summed E-state index contributed by atoms with van der Waals surface area (Å²) in [6.45, 7) is 12.6. The van der Waals surface area contributed by atoms with Crippen molar-refractivity contribution in [1.29, 1.82) is 0 Å². The fourth-order valence-corrected chi connectivity index (χ4v) is 2.80. The zero-order chi connectivity index (χ0) is 9.82. The van der Waals surface area contributed by atoms with Gasteiger partial charge in [0, 0.05) is 13.2 Å². The normalized spacial score (nSPS) is 8.75. The van der Waals surface area contributed by atoms with E-state index in [4.69, 9.17) is 4.74 Å². The summed E-state index contributed by atoms with van der Waals surface area (Å²) in [6.07, 6.45) is 0. The van der Waals surface area contributed by atoms with E-state index in [9.17, 15) is 0 Å². The number of hydrogen-bond donors (Lipinski definition) is 0. The van der Waals surface area contributed by atoms with Crippen LogP contribution in [0.15, 0.2) is 0 Å². The molecule has 0 fully saturated rings. The van der Waals surface area contributed by atoms with Crippen molar-refractivity contribution in [2.24, 2.45) is 0 Å². The van der Waals surface area contributed by atoms with Crippen molar-refractivity contribution in [3.8, 4) is 0 Å². The first kappa shape index (κ1) is 15.0. The van der Waals surface area contributed by atoms with E-state index in [1.165, 1.54) is 15.8 Å². The second-order valence-corrected chi connectivity index (χ2v) is 7.05. The topological polar surface area (TPSA) is 9.23 Å². The highest BCUT2D eigenvalue weighted by Gasteiger charge is 2.05. The van der Waals surface area contributed by atoms with Crippen LogP contribution in [0.5, 0.6) is 0 Å². The minimum atomic E-state index is -0.171. The van der Waals surface area contributed by atoms with Gasteiger partial charge in [-0.2, -0.15) is 0 Å². The summed E-state index contributed by atoms with van der Waals surface area (Å²) < 4.78 is 4.83. The Labute approximate surface area is 82.9 Å². The van der Waals surface area contributed by atoms with Gasteiger partial charge >= 0.3 is 0 Å². The van der Waals surface area contributed by atoms with Gasteiger partial charge in [0.05, 0.1) is 0 Å². The van der Waals surface area contributed by atoms with Crippen LogP contribution < -0.4 is 0 Å². The second-order valence-electron chi connectivity index (χ2n) is 2.87. The molecule has 0 saturated heterocycles. The van der Waals surface area contributed by atoms with Crippen LogP contribution in [-0.4, -0.2) is 27.4 Å². The zero-order valence-corrected chi connectivity index (χ0v) is 10.7. The van der Waals surface area contributed by atoms with Crippen LogP contribution in [0.3, 0.4) is 0 Å². The molecule has 2 heteroatoms. The molecule has 12 heavy (non-hydrogen) atoms. The highest BCUT2D eigenvalue weighted by Crippen LogP contribution is 2.01. The van der Waals surface area contributed by atoms with Crippen molar-refractivity contribution in [2.45, 2.75) is 50.5 Å². The Kier molecular flexibility index (Phi) is 17.5. The van der Waals surface area contributed by atoms with E-state index < -0.39 is 0 Å². The van der Waals surface area contributed by atoms with E-state index in [1.54, 1.807) is 0 Å². The predicted molar refractivity (Wildman–Crippen MR) is 59.4 cm³/mol. The van der Waals surface area contributed by atoms with Gasteiger partial charge in [0.25, 0.3) is 14.1 Å². The molecule has 0 aromatic carbocycles. The monoisotopic (exact) mass is 188 g/mol. The van der Waals surface area contributed by atoms with E-state index in [0.717, 1.165) is 13.2 Å². The number of rotatable bonds is 5. The Morgan fingerprint density at radius 3 is 1.08 bits per heavy atom. The molecule has 0 aliphatic heterocycles. The van der Waals surface area contributed by atoms with Gasteiger partial charge < -0.3 is 4.74 Å². The van der Waals surface area contributed by atoms with Crippen LogP contribution in [0.1, 0.15) is 34.6 Å². The Hall–Kier alpha value is 0.492. The Bertz CT molecular complexity index is 55.3. The molecule has 74 valence electrons. The Balaban J connectivity index is 0. The van der Waals surface area contributed by atoms with Crippen molar-refractivity contribution < 1.29 is 4.74 Å². The van der Waals surface area contributed by atoms with Crippen LogP contribution >= 0.6 is 0 Å². The molecule has 0 heterocycles. The van der Waals surface area contributed by atoms with Gasteiger partial charge in [-0.05, 0) is 13.8 Å². The summed E-state index contributed by atoms with van der Waals surface area (Å²) in [4.78, 5) is 0. The average molecular weight is 188 g/mol. The lowest BCUT2D eigenvalue weighted by atomic mass is 10.8. The van der Waals surface area contributed by atoms with Crippen molar-refractivity contribution >= 4 is 14.1 Å². The first-order chi connectivity index (χ1) is 5.76. The fourth-order valence-electron chi connectivity index (χ4n) is 1.07. The summed E-state index contributed by atoms with van der Waals surface area (Å²) in [7, 11) is 0. The third-order valence-corrected chi connectivity index (χ3v) is 5.60. The largest absolute Gasteiger partial charge is 0.382 e. The molecule has 0 aliphatic rings. The van der Waals surface area contributed by atoms with Gasteiger partial charge in [-0.15, -0.1) is 0 Å². The number of hydrogen-bond acceptors (Lipinski definition) is 1. The first-order valence-electron chi connectivity index (χ1n) is 5.34. The highest BCUT2D eigenvalue weighted by molar-refractivity contribution is 6.58. The van der Waals surface area contributed by atoms with Crippen LogP contribution in [0, 0.1) is 0 Å². The molecular formula is C10H25AlO. The lowest BCUT2D eigenvalue weighted by Gasteiger charge is -1.97. The molecule has 0 unspecified atom stereocenters. The maximum atomic E-state index is 4.83. The van der Waals surface area contributed by atoms with E-state index >= 15 is 0 Å². The second kappa shape index (κ2) is 14.0. The first-order valence-corrected chi connectivity index (χ1v) is 7.79. The van der Waals surface area contributed by atoms with Gasteiger partial charge in [-0.3, -0.25) is 0 Å². The van der Waals surface area contributed by atoms with Crippen molar-refractivity contribution in [1.82, 2.24) is 0 Å². The fraction of sp³-hybridized carbons (Fsp3) is 1.00. The minimum Gasteiger partial charge on any atom is -0.382 e. The minimum absolute atomic E-state index is 0.171. The molecule has 0 radical (unpaired) electrons. The predicted octanol–water partition coefficient (Wildman–Crippen LogP) is 3.58. The van der Waals surface area contributed by atoms with Gasteiger partial charge in [-0.25, -0.2) is 0 Å². The summed E-state index contributed by atoms with van der Waals surface area (Å²) in [5, 5.41) is 4.48. The van der Waals surface area contributed by atoms with Gasteiger partial charge in [0.2, 0.25) is 0 Å². The molecule has 0 aliphatic carbocycles. The van der Waals surface area contributed by atoms with Crippen LogP contribution in [0.2, 0.25) is 15.8 Å². The maximum Gasteiger partial charge on any atom is 0.261 e. The molecular weight excluding hydrogens is 163 g/mol. The average Bonchev–Trinajstić information content (AvgIpc) is 2.10. The van der Waals surface area contributed by atoms with Crippen LogP contribution in [0.25, 0.3) is 0 Å². The third kappa shape index (κ3) is 13.1. The van der Waals surface area contributed by atoms with E-state index in [-0.39, 0.29) is 14.1 Å². The van der Waals surface area contributed by atoms with Gasteiger partial charge in [0.1, 0.15) is 0 Å². The van der Waals surface area contributed by atoms with Crippen molar-refractivity contribution in [2.75, 3.05) is 13.2 Å². The van der Waals surface area contributed by atoms with Crippen LogP contribution in [-0.2, 0) is 4.74 Å². The molecule has 0 bridgehead atoms. The summed E-state index contributed by atoms with van der Waals surface area (Å²) >= 11 is -0.171. The molecule has 0 N–H and O–H groups in total. The smallest absolute Gasteiger partial charge is 0.261 e. The summed E-state index contributed by atoms with van der Waals surface area (Å²) in [5.41, 5.74) is 0. The van der Waals surface area contributed by atoms with Crippen molar-refractivity contribution in [3.63, 3.8) is 0 Å². The molecule has 0 aromatic heterocycles. The van der Waals surface area contributed by atoms with E-state index in [0.29, 0.717) is 0 Å². The number of ether oxygens (including phenoxy) is 1. The summed E-state index contributed by atoms with van der Waals surface area (Å²) in [6, 6.07) is 0. The zero-order valence-electron chi connectivity index (χ0n) is 9.52. The van der Waals surface area contributed by atoms with Crippen LogP contribution in [0.4, 0.5) is 0 Å². The molecule has 0 saturated carbocycles. The van der Waals surface area contributed by atoms with E-state index in [2.05, 4.69) is 20.8 Å². The van der Waals surface area contributed by atoms with Gasteiger partial charge in [0.15, 0.2) is 0 Å². The highest BCUT2D eigenvalue weighted by atomic mass is 27.2. The summed E-state index contributed by atoms with van der Waals surface area (Å²) in [5.74, 6) is 0. The Morgan fingerprint density at radius 1 is 0.750 bits per heavy atom. The molecule has 1 nitrogen and oxygen atoms in total. The Morgan fingerprint density at radius 2 is 1.08 bits per heavy atom. The molecule has 0 spiro atoms. The lowest BCUT2D eigenvalue weighted by Crippen LogP contribution is -2.04. The molecule has 0 amide bonds. The third-order valence-electron chi connectivity index (χ3n) is 2.14. The quantitative estimate of drug-likeness (QED) is 0.599. The SMILES string of the molecule is CCOCC.C[CH2][Al]([CH2]C)[CH2]C. The van der Waals surface area contributed by atoms with Gasteiger partial charge in [-0.1, -0.05) is 36.6 Å². The van der Waals surface area contributed by atoms with Crippen molar-refractivity contribution in [3.05, 3.63) is 0 Å². The lowest BCUT2D eigenvalue weighted by molar-refractivity contribution is 0.162. The maximum absolute atomic E-state index is 4.83. The molecule has 0 aromatic rings. The van der Waals surface area contributed by atoms with E-state index in [1.807, 2.05) is 13.8 Å². The molecule has 0 atom stereocenters. The standard InChI is InChI=1S/C4H10O.3C2H5.Al/c1-3-5-4-2;3*1-2;/h3-4H2,1-2H3;3*1H2,2H3;. The molecule has 0 rings (SSSR count).